The minimum atomic E-state index is -0.883. The zero-order chi connectivity index (χ0) is 13.0. The molecule has 0 unspecified atom stereocenters. The largest absolute Gasteiger partial charge is 0.478 e. The maximum atomic E-state index is 10.2. The van der Waals surface area contributed by atoms with Crippen LogP contribution in [0.1, 0.15) is 19.8 Å². The van der Waals surface area contributed by atoms with Crippen LogP contribution in [0.5, 0.6) is 0 Å². The van der Waals surface area contributed by atoms with Crippen molar-refractivity contribution in [1.82, 2.24) is 0 Å². The Morgan fingerprint density at radius 1 is 1.38 bits per heavy atom. The second kappa shape index (κ2) is 11.2. The standard InChI is InChI=1S/C6H10O2.C6H8O2/c1-3-4-5(2)6(7)8;1-3-5-8-6(7)4-2/h2-4H2,1H3,(H,7,8);3-4H,1-2,5H2. The number of aliphatic carboxylic acids is 1. The van der Waals surface area contributed by atoms with Gasteiger partial charge in [-0.25, -0.2) is 9.59 Å². The van der Waals surface area contributed by atoms with Gasteiger partial charge in [-0.1, -0.05) is 39.2 Å². The Hall–Kier alpha value is -1.84. The number of carbonyl (C=O) groups excluding carboxylic acids is 1. The van der Waals surface area contributed by atoms with E-state index in [1.807, 2.05) is 6.92 Å². The van der Waals surface area contributed by atoms with E-state index in [1.54, 1.807) is 0 Å². The van der Waals surface area contributed by atoms with Crippen LogP contribution in [-0.4, -0.2) is 23.7 Å². The smallest absolute Gasteiger partial charge is 0.330 e. The van der Waals surface area contributed by atoms with Crippen LogP contribution in [0.3, 0.4) is 0 Å². The van der Waals surface area contributed by atoms with E-state index in [-0.39, 0.29) is 6.61 Å². The van der Waals surface area contributed by atoms with Crippen LogP contribution in [0.25, 0.3) is 0 Å². The normalized spacial score (nSPS) is 8.06. The van der Waals surface area contributed by atoms with Crippen molar-refractivity contribution < 1.29 is 19.4 Å². The molecule has 0 heterocycles. The summed E-state index contributed by atoms with van der Waals surface area (Å²) in [5.74, 6) is -1.29. The van der Waals surface area contributed by atoms with Crippen LogP contribution in [0, 0.1) is 0 Å². The molecular weight excluding hydrogens is 208 g/mol. The number of carbonyl (C=O) groups is 2. The number of ether oxygens (including phenoxy) is 1. The fourth-order valence-corrected chi connectivity index (χ4v) is 0.609. The van der Waals surface area contributed by atoms with E-state index in [0.29, 0.717) is 12.0 Å². The van der Waals surface area contributed by atoms with E-state index in [9.17, 15) is 9.59 Å². The van der Waals surface area contributed by atoms with E-state index >= 15 is 0 Å². The van der Waals surface area contributed by atoms with E-state index in [0.717, 1.165) is 12.5 Å². The number of carboxylic acid groups (broad SMARTS) is 1. The van der Waals surface area contributed by atoms with Gasteiger partial charge in [0.05, 0.1) is 0 Å². The highest BCUT2D eigenvalue weighted by Gasteiger charge is 1.99. The monoisotopic (exact) mass is 226 g/mol. The van der Waals surface area contributed by atoms with Gasteiger partial charge in [-0.2, -0.15) is 0 Å². The molecule has 0 rings (SSSR count). The summed E-state index contributed by atoms with van der Waals surface area (Å²) >= 11 is 0. The molecule has 0 aromatic heterocycles. The molecule has 0 atom stereocenters. The van der Waals surface area contributed by atoms with Gasteiger partial charge >= 0.3 is 11.9 Å². The van der Waals surface area contributed by atoms with E-state index in [2.05, 4.69) is 24.5 Å². The fraction of sp³-hybridized carbons (Fsp3) is 0.333. The van der Waals surface area contributed by atoms with Gasteiger partial charge in [-0.15, -0.1) is 0 Å². The molecule has 0 aliphatic heterocycles. The molecule has 0 aliphatic rings. The quantitative estimate of drug-likeness (QED) is 0.429. The third-order valence-electron chi connectivity index (χ3n) is 1.36. The summed E-state index contributed by atoms with van der Waals surface area (Å²) in [4.78, 5) is 20.2. The van der Waals surface area contributed by atoms with Crippen molar-refractivity contribution >= 4 is 11.9 Å². The van der Waals surface area contributed by atoms with Crippen LogP contribution < -0.4 is 0 Å². The van der Waals surface area contributed by atoms with Gasteiger partial charge in [0.2, 0.25) is 0 Å². The lowest BCUT2D eigenvalue weighted by Crippen LogP contribution is -1.98. The van der Waals surface area contributed by atoms with Gasteiger partial charge < -0.3 is 9.84 Å². The second-order valence-corrected chi connectivity index (χ2v) is 2.78. The Balaban J connectivity index is 0. The molecule has 0 amide bonds. The number of rotatable bonds is 6. The number of hydrogen-bond donors (Lipinski definition) is 1. The minimum Gasteiger partial charge on any atom is -0.478 e. The third kappa shape index (κ3) is 12.2. The molecule has 16 heavy (non-hydrogen) atoms. The van der Waals surface area contributed by atoms with Crippen LogP contribution in [-0.2, 0) is 14.3 Å². The van der Waals surface area contributed by atoms with Crippen molar-refractivity contribution in [2.45, 2.75) is 19.8 Å². The van der Waals surface area contributed by atoms with Crippen molar-refractivity contribution in [2.75, 3.05) is 6.61 Å². The first-order valence-corrected chi connectivity index (χ1v) is 4.80. The predicted molar refractivity (Wildman–Crippen MR) is 63.0 cm³/mol. The second-order valence-electron chi connectivity index (χ2n) is 2.78. The molecule has 0 fully saturated rings. The minimum absolute atomic E-state index is 0.255. The maximum absolute atomic E-state index is 10.2. The summed E-state index contributed by atoms with van der Waals surface area (Å²) in [5, 5.41) is 8.21. The Morgan fingerprint density at radius 2 is 1.94 bits per heavy atom. The molecule has 0 saturated heterocycles. The number of carboxylic acids is 1. The van der Waals surface area contributed by atoms with Gasteiger partial charge in [0.25, 0.3) is 0 Å². The van der Waals surface area contributed by atoms with Crippen LogP contribution in [0.15, 0.2) is 37.5 Å². The van der Waals surface area contributed by atoms with Crippen LogP contribution >= 0.6 is 0 Å². The maximum Gasteiger partial charge on any atom is 0.330 e. The van der Waals surface area contributed by atoms with Crippen molar-refractivity contribution in [3.05, 3.63) is 37.5 Å². The summed E-state index contributed by atoms with van der Waals surface area (Å²) in [6.45, 7) is 12.1. The van der Waals surface area contributed by atoms with Crippen molar-refractivity contribution in [3.8, 4) is 0 Å². The Morgan fingerprint density at radius 3 is 2.19 bits per heavy atom. The Kier molecular flexibility index (Phi) is 11.6. The van der Waals surface area contributed by atoms with Gasteiger partial charge in [0.1, 0.15) is 6.61 Å². The molecule has 1 N–H and O–H groups in total. The molecule has 0 aromatic rings. The van der Waals surface area contributed by atoms with Gasteiger partial charge in [0.15, 0.2) is 0 Å². The van der Waals surface area contributed by atoms with E-state index in [4.69, 9.17) is 5.11 Å². The molecule has 90 valence electrons. The van der Waals surface area contributed by atoms with Crippen molar-refractivity contribution in [1.29, 1.82) is 0 Å². The SMILES string of the molecule is C=C(CCC)C(=O)O.C=CCOC(=O)C=C. The highest BCUT2D eigenvalue weighted by molar-refractivity contribution is 5.85. The lowest BCUT2D eigenvalue weighted by atomic mass is 10.2. The lowest BCUT2D eigenvalue weighted by molar-refractivity contribution is -0.136. The average molecular weight is 226 g/mol. The molecule has 0 spiro atoms. The Labute approximate surface area is 95.9 Å². The first kappa shape index (κ1) is 16.6. The fourth-order valence-electron chi connectivity index (χ4n) is 0.609. The van der Waals surface area contributed by atoms with Crippen LogP contribution in [0.2, 0.25) is 0 Å². The summed E-state index contributed by atoms with van der Waals surface area (Å²) < 4.78 is 4.47. The molecule has 0 aliphatic carbocycles. The summed E-state index contributed by atoms with van der Waals surface area (Å²) in [6.07, 6.45) is 4.06. The molecule has 0 saturated carbocycles. The number of esters is 1. The van der Waals surface area contributed by atoms with Gasteiger partial charge in [-0.3, -0.25) is 0 Å². The average Bonchev–Trinajstić information content (AvgIpc) is 2.27. The summed E-state index contributed by atoms with van der Waals surface area (Å²) in [7, 11) is 0. The molecular formula is C12H18O4. The van der Waals surface area contributed by atoms with E-state index in [1.165, 1.54) is 6.08 Å². The van der Waals surface area contributed by atoms with E-state index < -0.39 is 11.9 Å². The predicted octanol–water partition coefficient (Wildman–Crippen LogP) is 2.33. The first-order valence-electron chi connectivity index (χ1n) is 4.80. The zero-order valence-electron chi connectivity index (χ0n) is 9.57. The highest BCUT2D eigenvalue weighted by Crippen LogP contribution is 1.99. The zero-order valence-corrected chi connectivity index (χ0v) is 9.57. The van der Waals surface area contributed by atoms with Gasteiger partial charge in [-0.05, 0) is 6.42 Å². The van der Waals surface area contributed by atoms with Crippen LogP contribution in [0.4, 0.5) is 0 Å². The number of hydrogen-bond acceptors (Lipinski definition) is 3. The molecule has 0 radical (unpaired) electrons. The summed E-state index contributed by atoms with van der Waals surface area (Å²) in [6, 6.07) is 0. The lowest BCUT2D eigenvalue weighted by Gasteiger charge is -1.92. The molecule has 4 heteroatoms. The Bertz CT molecular complexity index is 266. The van der Waals surface area contributed by atoms with Gasteiger partial charge in [0, 0.05) is 11.6 Å². The molecule has 0 aromatic carbocycles. The third-order valence-corrected chi connectivity index (χ3v) is 1.36. The van der Waals surface area contributed by atoms with Crippen molar-refractivity contribution in [3.63, 3.8) is 0 Å². The summed E-state index contributed by atoms with van der Waals surface area (Å²) in [5.41, 5.74) is 0.299. The highest BCUT2D eigenvalue weighted by atomic mass is 16.5. The topological polar surface area (TPSA) is 63.6 Å². The first-order chi connectivity index (χ1) is 7.49. The molecule has 0 bridgehead atoms. The van der Waals surface area contributed by atoms with Crippen molar-refractivity contribution in [2.24, 2.45) is 0 Å². The molecule has 4 nitrogen and oxygen atoms in total.